The summed E-state index contributed by atoms with van der Waals surface area (Å²) in [6.07, 6.45) is 0. The largest absolute Gasteiger partial charge is 0.276 e. The molecule has 5 nitrogen and oxygen atoms in total. The average Bonchev–Trinajstić information content (AvgIpc) is 2.89. The Morgan fingerprint density at radius 1 is 1.35 bits per heavy atom. The molecule has 0 fully saturated rings. The van der Waals surface area contributed by atoms with Gasteiger partial charge in [0, 0.05) is 11.8 Å². The monoisotopic (exact) mass is 300 g/mol. The molecule has 1 aromatic carbocycles. The third kappa shape index (κ3) is 2.57. The van der Waals surface area contributed by atoms with Crippen molar-refractivity contribution in [2.45, 2.75) is 10.1 Å². The van der Waals surface area contributed by atoms with Crippen LogP contribution in [-0.2, 0) is 5.75 Å². The Balaban J connectivity index is 1.88. The number of hydrogen-bond donors (Lipinski definition) is 0. The standard InChI is InChI=1S/C13H8N4OS2/c14-7-10-6-11(18)17-12(15-10)20-13(16-17)19-8-9-4-2-1-3-5-9/h1-6H,8H2. The summed E-state index contributed by atoms with van der Waals surface area (Å²) in [5.41, 5.74) is 0.988. The Kier molecular flexibility index (Phi) is 3.50. The Labute approximate surface area is 122 Å². The third-order valence-electron chi connectivity index (χ3n) is 2.55. The van der Waals surface area contributed by atoms with Gasteiger partial charge in [-0.25, -0.2) is 4.98 Å². The number of thioether (sulfide) groups is 1. The maximum absolute atomic E-state index is 11.8. The van der Waals surface area contributed by atoms with E-state index in [9.17, 15) is 4.79 Å². The first-order chi connectivity index (χ1) is 9.76. The molecule has 0 N–H and O–H groups in total. The normalized spacial score (nSPS) is 10.6. The molecule has 0 aliphatic rings. The molecule has 2 aromatic heterocycles. The van der Waals surface area contributed by atoms with Crippen molar-refractivity contribution in [1.29, 1.82) is 5.26 Å². The molecule has 2 heterocycles. The summed E-state index contributed by atoms with van der Waals surface area (Å²) in [6.45, 7) is 0. The van der Waals surface area contributed by atoms with E-state index in [1.807, 2.05) is 36.4 Å². The highest BCUT2D eigenvalue weighted by Crippen LogP contribution is 2.26. The van der Waals surface area contributed by atoms with Gasteiger partial charge in [0.15, 0.2) is 4.34 Å². The van der Waals surface area contributed by atoms with E-state index < -0.39 is 0 Å². The third-order valence-corrected chi connectivity index (χ3v) is 4.66. The minimum absolute atomic E-state index is 0.123. The van der Waals surface area contributed by atoms with Gasteiger partial charge >= 0.3 is 0 Å². The predicted molar refractivity (Wildman–Crippen MR) is 77.9 cm³/mol. The van der Waals surface area contributed by atoms with Gasteiger partial charge in [-0.2, -0.15) is 9.78 Å². The van der Waals surface area contributed by atoms with Gasteiger partial charge in [-0.1, -0.05) is 53.4 Å². The number of nitriles is 1. The summed E-state index contributed by atoms with van der Waals surface area (Å²) in [6, 6.07) is 13.1. The molecule has 0 atom stereocenters. The molecule has 0 unspecified atom stereocenters. The molecule has 0 saturated carbocycles. The van der Waals surface area contributed by atoms with Crippen LogP contribution in [0.15, 0.2) is 45.5 Å². The predicted octanol–water partition coefficient (Wildman–Crippen LogP) is 2.31. The van der Waals surface area contributed by atoms with E-state index in [2.05, 4.69) is 10.1 Å². The molecule has 0 aliphatic heterocycles. The first-order valence-corrected chi connectivity index (χ1v) is 7.54. The molecule has 20 heavy (non-hydrogen) atoms. The van der Waals surface area contributed by atoms with Crippen molar-refractivity contribution in [3.8, 4) is 6.07 Å². The molecule has 0 saturated heterocycles. The Morgan fingerprint density at radius 2 is 2.15 bits per heavy atom. The number of fused-ring (bicyclic) bond motifs is 1. The number of aromatic nitrogens is 3. The van der Waals surface area contributed by atoms with Gasteiger partial charge in [0.2, 0.25) is 4.96 Å². The van der Waals surface area contributed by atoms with Crippen molar-refractivity contribution in [1.82, 2.24) is 14.6 Å². The van der Waals surface area contributed by atoms with Gasteiger partial charge in [0.25, 0.3) is 5.56 Å². The molecule has 3 aromatic rings. The molecule has 0 aliphatic carbocycles. The lowest BCUT2D eigenvalue weighted by atomic mass is 10.2. The lowest BCUT2D eigenvalue weighted by Crippen LogP contribution is -2.14. The molecular weight excluding hydrogens is 292 g/mol. The van der Waals surface area contributed by atoms with Crippen LogP contribution in [0.1, 0.15) is 11.3 Å². The zero-order chi connectivity index (χ0) is 13.9. The van der Waals surface area contributed by atoms with Crippen LogP contribution in [0.3, 0.4) is 0 Å². The van der Waals surface area contributed by atoms with Crippen molar-refractivity contribution in [2.24, 2.45) is 0 Å². The highest BCUT2D eigenvalue weighted by Gasteiger charge is 2.09. The molecular formula is C13H8N4OS2. The number of rotatable bonds is 3. The van der Waals surface area contributed by atoms with Crippen molar-refractivity contribution < 1.29 is 0 Å². The SMILES string of the molecule is N#Cc1cc(=O)n2nc(SCc3ccccc3)sc2n1. The maximum Gasteiger partial charge on any atom is 0.276 e. The van der Waals surface area contributed by atoms with Gasteiger partial charge in [-0.05, 0) is 5.56 Å². The number of nitrogens with zero attached hydrogens (tertiary/aromatic N) is 4. The van der Waals surface area contributed by atoms with Crippen molar-refractivity contribution in [3.05, 3.63) is 58.0 Å². The first kappa shape index (κ1) is 12.8. The quantitative estimate of drug-likeness (QED) is 0.694. The van der Waals surface area contributed by atoms with Gasteiger partial charge in [-0.3, -0.25) is 4.79 Å². The van der Waals surface area contributed by atoms with E-state index in [0.717, 1.165) is 10.1 Å². The zero-order valence-corrected chi connectivity index (χ0v) is 11.8. The molecule has 98 valence electrons. The van der Waals surface area contributed by atoms with Crippen LogP contribution in [0, 0.1) is 11.3 Å². The van der Waals surface area contributed by atoms with Crippen molar-refractivity contribution in [2.75, 3.05) is 0 Å². The lowest BCUT2D eigenvalue weighted by Gasteiger charge is -1.96. The van der Waals surface area contributed by atoms with Crippen LogP contribution in [-0.4, -0.2) is 14.6 Å². The van der Waals surface area contributed by atoms with Crippen LogP contribution in [0.2, 0.25) is 0 Å². The van der Waals surface area contributed by atoms with Gasteiger partial charge in [-0.15, -0.1) is 5.10 Å². The van der Waals surface area contributed by atoms with Crippen LogP contribution in [0.5, 0.6) is 0 Å². The topological polar surface area (TPSA) is 71.0 Å². The zero-order valence-electron chi connectivity index (χ0n) is 10.2. The van der Waals surface area contributed by atoms with Crippen LogP contribution < -0.4 is 5.56 Å². The van der Waals surface area contributed by atoms with Gasteiger partial charge < -0.3 is 0 Å². The summed E-state index contributed by atoms with van der Waals surface area (Å²) in [5.74, 6) is 0.778. The number of benzene rings is 1. The molecule has 0 radical (unpaired) electrons. The van der Waals surface area contributed by atoms with E-state index >= 15 is 0 Å². The first-order valence-electron chi connectivity index (χ1n) is 5.74. The van der Waals surface area contributed by atoms with E-state index in [-0.39, 0.29) is 11.3 Å². The summed E-state index contributed by atoms with van der Waals surface area (Å²) >= 11 is 2.86. The summed E-state index contributed by atoms with van der Waals surface area (Å²) in [4.78, 5) is 16.3. The Morgan fingerprint density at radius 3 is 2.90 bits per heavy atom. The van der Waals surface area contributed by atoms with E-state index in [4.69, 9.17) is 5.26 Å². The van der Waals surface area contributed by atoms with Crippen molar-refractivity contribution >= 4 is 28.1 Å². The van der Waals surface area contributed by atoms with E-state index in [0.29, 0.717) is 4.96 Å². The Hall–Kier alpha value is -2.17. The highest BCUT2D eigenvalue weighted by atomic mass is 32.2. The summed E-state index contributed by atoms with van der Waals surface area (Å²) < 4.78 is 1.99. The van der Waals surface area contributed by atoms with Crippen LogP contribution >= 0.6 is 23.1 Å². The van der Waals surface area contributed by atoms with Crippen LogP contribution in [0.4, 0.5) is 0 Å². The average molecular weight is 300 g/mol. The van der Waals surface area contributed by atoms with E-state index in [1.54, 1.807) is 11.8 Å². The van der Waals surface area contributed by atoms with Crippen molar-refractivity contribution in [3.63, 3.8) is 0 Å². The second-order valence-electron chi connectivity index (χ2n) is 3.93. The molecule has 0 bridgehead atoms. The highest BCUT2D eigenvalue weighted by molar-refractivity contribution is 8.00. The minimum atomic E-state index is -0.325. The lowest BCUT2D eigenvalue weighted by molar-refractivity contribution is 0.854. The van der Waals surface area contributed by atoms with Gasteiger partial charge in [0.05, 0.1) is 0 Å². The fourth-order valence-corrected chi connectivity index (χ4v) is 3.53. The van der Waals surface area contributed by atoms with E-state index in [1.165, 1.54) is 27.5 Å². The maximum atomic E-state index is 11.8. The number of hydrogen-bond acceptors (Lipinski definition) is 6. The fraction of sp³-hybridized carbons (Fsp3) is 0.0769. The molecule has 3 rings (SSSR count). The minimum Gasteiger partial charge on any atom is -0.267 e. The Bertz CT molecular complexity index is 848. The second-order valence-corrected chi connectivity index (χ2v) is 6.11. The summed E-state index contributed by atoms with van der Waals surface area (Å²) in [5, 5.41) is 13.0. The van der Waals surface area contributed by atoms with Crippen LogP contribution in [0.25, 0.3) is 4.96 Å². The molecule has 0 amide bonds. The molecule has 7 heteroatoms. The smallest absolute Gasteiger partial charge is 0.267 e. The fourth-order valence-electron chi connectivity index (χ4n) is 1.63. The second kappa shape index (κ2) is 5.45. The summed E-state index contributed by atoms with van der Waals surface area (Å²) in [7, 11) is 0. The van der Waals surface area contributed by atoms with Gasteiger partial charge in [0.1, 0.15) is 11.8 Å². The molecule has 0 spiro atoms.